The van der Waals surface area contributed by atoms with Crippen molar-refractivity contribution in [1.82, 2.24) is 0 Å². The van der Waals surface area contributed by atoms with Gasteiger partial charge in [0.25, 0.3) is 0 Å². The van der Waals surface area contributed by atoms with Gasteiger partial charge < -0.3 is 0 Å². The summed E-state index contributed by atoms with van der Waals surface area (Å²) in [7, 11) is 14.0. The van der Waals surface area contributed by atoms with Crippen molar-refractivity contribution in [1.29, 1.82) is 0 Å². The van der Waals surface area contributed by atoms with E-state index in [2.05, 4.69) is 85.9 Å². The molecular formula is C21H20Cl2SiZr. The number of hydrogen-bond donors (Lipinski definition) is 0. The van der Waals surface area contributed by atoms with Crippen molar-refractivity contribution in [2.45, 2.75) is 16.7 Å². The van der Waals surface area contributed by atoms with Gasteiger partial charge in [0, 0.05) is 0 Å². The first-order chi connectivity index (χ1) is 12.0. The van der Waals surface area contributed by atoms with E-state index in [1.165, 1.54) is 33.0 Å². The molecule has 3 aromatic rings. The number of allylic oxidation sites excluding steroid dienone is 1. The number of halogens is 2. The molecule has 25 heavy (non-hydrogen) atoms. The first-order valence-corrected chi connectivity index (χ1v) is 23.6. The summed E-state index contributed by atoms with van der Waals surface area (Å²) in [5.74, 6) is -1.03. The van der Waals surface area contributed by atoms with Crippen LogP contribution < -0.4 is 0 Å². The molecule has 0 radical (unpaired) electrons. The van der Waals surface area contributed by atoms with E-state index in [0.29, 0.717) is 0 Å². The summed E-state index contributed by atoms with van der Waals surface area (Å²) >= 11 is -3.11. The second-order valence-corrected chi connectivity index (χ2v) is 40.9. The molecule has 0 saturated heterocycles. The van der Waals surface area contributed by atoms with Crippen LogP contribution >= 0.6 is 17.0 Å². The Labute approximate surface area is 161 Å². The Hall–Kier alpha value is -0.660. The van der Waals surface area contributed by atoms with Gasteiger partial charge in [0.2, 0.25) is 0 Å². The van der Waals surface area contributed by atoms with Crippen molar-refractivity contribution in [3.63, 3.8) is 0 Å². The molecule has 3 aromatic carbocycles. The Morgan fingerprint density at radius 3 is 2.32 bits per heavy atom. The van der Waals surface area contributed by atoms with Crippen molar-refractivity contribution < 1.29 is 17.0 Å². The molecule has 0 bridgehead atoms. The predicted molar refractivity (Wildman–Crippen MR) is 112 cm³/mol. The van der Waals surface area contributed by atoms with E-state index < -0.39 is 23.0 Å². The standard InChI is InChI=1S/C19H13.C2H7Si.2ClH.Zr/c1-2-10-16-14(6-1)8-4-12-18(16)19-13-5-9-15-7-3-11-17(15)19;1-3-2;;;/h1-13H;3H,1-2H3;2*1H;/q;;;;+2/p-2. The van der Waals surface area contributed by atoms with Gasteiger partial charge in [0.15, 0.2) is 0 Å². The summed E-state index contributed by atoms with van der Waals surface area (Å²) in [5, 5.41) is 2.56. The Kier molecular flexibility index (Phi) is 4.84. The van der Waals surface area contributed by atoms with Crippen LogP contribution in [0.25, 0.3) is 28.0 Å². The number of benzene rings is 3. The van der Waals surface area contributed by atoms with Gasteiger partial charge in [-0.25, -0.2) is 0 Å². The molecule has 0 N–H and O–H groups in total. The fourth-order valence-corrected chi connectivity index (χ4v) is 16.2. The third-order valence-corrected chi connectivity index (χ3v) is 41.8. The molecule has 0 aromatic heterocycles. The van der Waals surface area contributed by atoms with Crippen molar-refractivity contribution in [3.05, 3.63) is 77.9 Å². The van der Waals surface area contributed by atoms with E-state index in [0.717, 1.165) is 0 Å². The molecule has 1 atom stereocenters. The second kappa shape index (κ2) is 6.82. The summed E-state index contributed by atoms with van der Waals surface area (Å²) in [6.07, 6.45) is 4.53. The molecule has 0 fully saturated rings. The Bertz CT molecular complexity index is 973. The van der Waals surface area contributed by atoms with E-state index in [4.69, 9.17) is 17.0 Å². The molecule has 4 heteroatoms. The quantitative estimate of drug-likeness (QED) is 0.367. The van der Waals surface area contributed by atoms with Crippen molar-refractivity contribution in [2.75, 3.05) is 0 Å². The van der Waals surface area contributed by atoms with Gasteiger partial charge in [-0.1, -0.05) is 0 Å². The van der Waals surface area contributed by atoms with E-state index in [-0.39, 0.29) is 3.63 Å². The summed E-state index contributed by atoms with van der Waals surface area (Å²) in [5.41, 5.74) is 5.22. The number of fused-ring (bicyclic) bond motifs is 2. The molecule has 0 saturated carbocycles. The molecule has 126 valence electrons. The van der Waals surface area contributed by atoms with E-state index in [1.54, 1.807) is 0 Å². The van der Waals surface area contributed by atoms with Crippen LogP contribution in [-0.4, -0.2) is 5.92 Å². The van der Waals surface area contributed by atoms with Crippen LogP contribution in [0.2, 0.25) is 13.1 Å². The molecule has 4 rings (SSSR count). The SMILES string of the molecule is C[SiH](C)[Zr]([Cl])([Cl])[CH]1C=Cc2c(-c3cccc4ccccc34)cccc21. The first kappa shape index (κ1) is 17.7. The van der Waals surface area contributed by atoms with Gasteiger partial charge in [-0.15, -0.1) is 0 Å². The van der Waals surface area contributed by atoms with Gasteiger partial charge in [-0.05, 0) is 0 Å². The van der Waals surface area contributed by atoms with Gasteiger partial charge in [-0.3, -0.25) is 0 Å². The number of hydrogen-bond acceptors (Lipinski definition) is 0. The molecule has 0 amide bonds. The zero-order valence-corrected chi connectivity index (χ0v) is 19.5. The van der Waals surface area contributed by atoms with Gasteiger partial charge in [0.1, 0.15) is 0 Å². The van der Waals surface area contributed by atoms with Crippen molar-refractivity contribution in [2.24, 2.45) is 0 Å². The van der Waals surface area contributed by atoms with Gasteiger partial charge in [-0.2, -0.15) is 0 Å². The van der Waals surface area contributed by atoms with Crippen LogP contribution in [0.5, 0.6) is 0 Å². The van der Waals surface area contributed by atoms with Crippen LogP contribution in [0.1, 0.15) is 14.8 Å². The topological polar surface area (TPSA) is 0 Å². The zero-order chi connectivity index (χ0) is 17.6. The average molecular weight is 463 g/mol. The second-order valence-electron chi connectivity index (χ2n) is 7.00. The molecule has 0 aliphatic heterocycles. The summed E-state index contributed by atoms with van der Waals surface area (Å²) in [4.78, 5) is 0. The third kappa shape index (κ3) is 3.02. The monoisotopic (exact) mass is 460 g/mol. The van der Waals surface area contributed by atoms with Crippen molar-refractivity contribution >= 4 is 39.8 Å². The molecule has 1 aliphatic carbocycles. The molecule has 0 heterocycles. The zero-order valence-electron chi connectivity index (χ0n) is 14.3. The Balaban J connectivity index is 1.90. The normalized spacial score (nSPS) is 16.6. The third-order valence-electron chi connectivity index (χ3n) is 5.19. The first-order valence-electron chi connectivity index (χ1n) is 8.67. The predicted octanol–water partition coefficient (Wildman–Crippen LogP) is 7.02. The molecule has 1 aliphatic rings. The fraction of sp³-hybridized carbons (Fsp3) is 0.143. The molecule has 0 spiro atoms. The van der Waals surface area contributed by atoms with E-state index in [1.807, 2.05) is 0 Å². The minimum atomic E-state index is -3.11. The maximum atomic E-state index is 6.98. The van der Waals surface area contributed by atoms with Crippen molar-refractivity contribution in [3.8, 4) is 11.1 Å². The van der Waals surface area contributed by atoms with Gasteiger partial charge in [0.05, 0.1) is 0 Å². The van der Waals surface area contributed by atoms with E-state index >= 15 is 0 Å². The summed E-state index contributed by atoms with van der Waals surface area (Å²) in [6, 6.07) is 21.7. The van der Waals surface area contributed by atoms with Crippen LogP contribution in [0.4, 0.5) is 0 Å². The van der Waals surface area contributed by atoms with Crippen LogP contribution in [0, 0.1) is 0 Å². The molecular weight excluding hydrogens is 442 g/mol. The number of rotatable bonds is 3. The van der Waals surface area contributed by atoms with Crippen LogP contribution in [0.3, 0.4) is 0 Å². The summed E-state index contributed by atoms with van der Waals surface area (Å²) < 4.78 is 0.286. The average Bonchev–Trinajstić information content (AvgIpc) is 3.06. The molecule has 1 unspecified atom stereocenters. The maximum absolute atomic E-state index is 6.98. The van der Waals surface area contributed by atoms with Gasteiger partial charge >= 0.3 is 163 Å². The fourth-order valence-electron chi connectivity index (χ4n) is 3.73. The van der Waals surface area contributed by atoms with E-state index in [9.17, 15) is 0 Å². The Morgan fingerprint density at radius 1 is 0.840 bits per heavy atom. The molecule has 0 nitrogen and oxygen atoms in total. The summed E-state index contributed by atoms with van der Waals surface area (Å²) in [6.45, 7) is 4.60. The minimum absolute atomic E-state index is 0.286. The van der Waals surface area contributed by atoms with Crippen LogP contribution in [-0.2, 0) is 17.0 Å². The Morgan fingerprint density at radius 2 is 1.52 bits per heavy atom. The van der Waals surface area contributed by atoms with Crippen LogP contribution in [0.15, 0.2) is 66.7 Å².